The smallest absolute Gasteiger partial charge is 0.305 e. The molecule has 0 unspecified atom stereocenters. The molecule has 0 fully saturated rings. The summed E-state index contributed by atoms with van der Waals surface area (Å²) in [5, 5.41) is 10.6. The number of carbonyl (C=O) groups excluding carboxylic acids is 1. The zero-order chi connectivity index (χ0) is 25.6. The van der Waals surface area contributed by atoms with E-state index in [2.05, 4.69) is 47.3 Å². The molecule has 0 heterocycles. The first-order valence-electron chi connectivity index (χ1n) is 14.8. The summed E-state index contributed by atoms with van der Waals surface area (Å²) in [5.74, 6) is 2.29. The topological polar surface area (TPSA) is 46.5 Å². The second-order valence-electron chi connectivity index (χ2n) is 11.3. The normalized spacial score (nSPS) is 15.9. The fourth-order valence-electron chi connectivity index (χ4n) is 4.65. The van der Waals surface area contributed by atoms with Crippen LogP contribution >= 0.6 is 0 Å². The molecule has 0 aliphatic heterocycles. The molecule has 34 heavy (non-hydrogen) atoms. The van der Waals surface area contributed by atoms with E-state index in [9.17, 15) is 9.90 Å². The molecule has 0 saturated carbocycles. The summed E-state index contributed by atoms with van der Waals surface area (Å²) in [4.78, 5) is 11.9. The average Bonchev–Trinajstić information content (AvgIpc) is 2.81. The maximum Gasteiger partial charge on any atom is 0.305 e. The standard InChI is InChI=1S/C31H60O3/c1-7-9-10-11-12-13-25-34-31(33)22-16-20-28(5)23-24-30(32)29(6)21-15-19-27(4)18-14-17-26(3)8-2/h8,26-30,32H,2,7,9-25H2,1,3-6H3/t26-,27-,28+,29-,30-/m0/s1. The molecule has 0 saturated heterocycles. The van der Waals surface area contributed by atoms with Crippen LogP contribution in [0.5, 0.6) is 0 Å². The van der Waals surface area contributed by atoms with Gasteiger partial charge in [0.05, 0.1) is 12.7 Å². The number of esters is 1. The van der Waals surface area contributed by atoms with Crippen molar-refractivity contribution in [3.8, 4) is 0 Å². The molecule has 202 valence electrons. The molecule has 0 aromatic carbocycles. The van der Waals surface area contributed by atoms with E-state index in [1.54, 1.807) is 0 Å². The van der Waals surface area contributed by atoms with Gasteiger partial charge in [0.15, 0.2) is 0 Å². The summed E-state index contributed by atoms with van der Waals surface area (Å²) >= 11 is 0. The molecule has 0 aliphatic rings. The van der Waals surface area contributed by atoms with Gasteiger partial charge in [0, 0.05) is 6.42 Å². The Balaban J connectivity index is 3.72. The van der Waals surface area contributed by atoms with E-state index in [4.69, 9.17) is 4.74 Å². The van der Waals surface area contributed by atoms with Crippen molar-refractivity contribution in [2.45, 2.75) is 150 Å². The highest BCUT2D eigenvalue weighted by Crippen LogP contribution is 2.24. The van der Waals surface area contributed by atoms with Crippen molar-refractivity contribution in [3.63, 3.8) is 0 Å². The molecule has 5 atom stereocenters. The number of aliphatic hydroxyl groups is 1. The van der Waals surface area contributed by atoms with Gasteiger partial charge in [-0.2, -0.15) is 0 Å². The number of rotatable bonds is 24. The molecule has 0 spiro atoms. The molecule has 0 aliphatic carbocycles. The van der Waals surface area contributed by atoms with Crippen LogP contribution in [0.1, 0.15) is 144 Å². The summed E-state index contributed by atoms with van der Waals surface area (Å²) in [7, 11) is 0. The van der Waals surface area contributed by atoms with Crippen LogP contribution in [0.15, 0.2) is 12.7 Å². The summed E-state index contributed by atoms with van der Waals surface area (Å²) in [6.07, 6.45) is 21.0. The van der Waals surface area contributed by atoms with Crippen LogP contribution in [0, 0.1) is 23.7 Å². The molecule has 0 aromatic heterocycles. The Morgan fingerprint density at radius 3 is 2.03 bits per heavy atom. The predicted molar refractivity (Wildman–Crippen MR) is 148 cm³/mol. The summed E-state index contributed by atoms with van der Waals surface area (Å²) < 4.78 is 5.37. The number of hydrogen-bond donors (Lipinski definition) is 1. The average molecular weight is 481 g/mol. The third kappa shape index (κ3) is 20.5. The number of ether oxygens (including phenoxy) is 1. The Hall–Kier alpha value is -0.830. The third-order valence-corrected chi connectivity index (χ3v) is 7.57. The van der Waals surface area contributed by atoms with Crippen molar-refractivity contribution in [3.05, 3.63) is 12.7 Å². The second kappa shape index (κ2) is 22.6. The second-order valence-corrected chi connectivity index (χ2v) is 11.3. The van der Waals surface area contributed by atoms with E-state index in [0.717, 1.165) is 44.4 Å². The van der Waals surface area contributed by atoms with Gasteiger partial charge in [-0.15, -0.1) is 6.58 Å². The molecule has 1 N–H and O–H groups in total. The third-order valence-electron chi connectivity index (χ3n) is 7.57. The van der Waals surface area contributed by atoms with Crippen LogP contribution in [-0.4, -0.2) is 23.8 Å². The van der Waals surface area contributed by atoms with E-state index >= 15 is 0 Å². The summed E-state index contributed by atoms with van der Waals surface area (Å²) in [6.45, 7) is 15.7. The maximum absolute atomic E-state index is 11.9. The summed E-state index contributed by atoms with van der Waals surface area (Å²) in [5.41, 5.74) is 0. The van der Waals surface area contributed by atoms with Crippen LogP contribution in [0.25, 0.3) is 0 Å². The Labute approximate surface area is 213 Å². The molecule has 0 rings (SSSR count). The Morgan fingerprint density at radius 2 is 1.35 bits per heavy atom. The fourth-order valence-corrected chi connectivity index (χ4v) is 4.65. The lowest BCUT2D eigenvalue weighted by Gasteiger charge is -2.21. The van der Waals surface area contributed by atoms with Crippen molar-refractivity contribution in [1.29, 1.82) is 0 Å². The zero-order valence-electron chi connectivity index (χ0n) is 23.7. The molecule has 0 radical (unpaired) electrons. The van der Waals surface area contributed by atoms with Crippen LogP contribution < -0.4 is 0 Å². The van der Waals surface area contributed by atoms with Crippen LogP contribution in [0.3, 0.4) is 0 Å². The summed E-state index contributed by atoms with van der Waals surface area (Å²) in [6, 6.07) is 0. The van der Waals surface area contributed by atoms with E-state index in [-0.39, 0.29) is 12.1 Å². The molecule has 0 aromatic rings. The predicted octanol–water partition coefficient (Wildman–Crippen LogP) is 9.27. The van der Waals surface area contributed by atoms with Crippen LogP contribution in [-0.2, 0) is 9.53 Å². The first-order chi connectivity index (χ1) is 16.3. The zero-order valence-corrected chi connectivity index (χ0v) is 23.7. The number of unbranched alkanes of at least 4 members (excludes halogenated alkanes) is 5. The number of aliphatic hydroxyl groups excluding tert-OH is 1. The molecular weight excluding hydrogens is 420 g/mol. The van der Waals surface area contributed by atoms with Gasteiger partial charge < -0.3 is 9.84 Å². The maximum atomic E-state index is 11.9. The van der Waals surface area contributed by atoms with E-state index in [1.807, 2.05) is 0 Å². The highest BCUT2D eigenvalue weighted by Gasteiger charge is 2.16. The Kier molecular flexibility index (Phi) is 22.1. The van der Waals surface area contributed by atoms with Gasteiger partial charge in [-0.3, -0.25) is 4.79 Å². The highest BCUT2D eigenvalue weighted by atomic mass is 16.5. The molecule has 0 bridgehead atoms. The quantitative estimate of drug-likeness (QED) is 0.0850. The van der Waals surface area contributed by atoms with Crippen molar-refractivity contribution in [1.82, 2.24) is 0 Å². The lowest BCUT2D eigenvalue weighted by Crippen LogP contribution is -2.19. The largest absolute Gasteiger partial charge is 0.466 e. The van der Waals surface area contributed by atoms with Crippen molar-refractivity contribution in [2.75, 3.05) is 6.61 Å². The van der Waals surface area contributed by atoms with Gasteiger partial charge in [0.2, 0.25) is 0 Å². The van der Waals surface area contributed by atoms with Gasteiger partial charge in [-0.05, 0) is 62.2 Å². The monoisotopic (exact) mass is 480 g/mol. The van der Waals surface area contributed by atoms with Gasteiger partial charge in [0.25, 0.3) is 0 Å². The molecular formula is C31H60O3. The lowest BCUT2D eigenvalue weighted by atomic mass is 9.88. The molecule has 0 amide bonds. The Bertz CT molecular complexity index is 475. The van der Waals surface area contributed by atoms with Gasteiger partial charge >= 0.3 is 5.97 Å². The highest BCUT2D eigenvalue weighted by molar-refractivity contribution is 5.69. The van der Waals surface area contributed by atoms with E-state index in [0.29, 0.717) is 30.8 Å². The fraction of sp³-hybridized carbons (Fsp3) is 0.903. The minimum absolute atomic E-state index is 0.0427. The number of hydrogen-bond acceptors (Lipinski definition) is 3. The minimum Gasteiger partial charge on any atom is -0.466 e. The van der Waals surface area contributed by atoms with E-state index in [1.165, 1.54) is 64.2 Å². The molecule has 3 heteroatoms. The number of allylic oxidation sites excluding steroid dienone is 1. The first kappa shape index (κ1) is 33.2. The van der Waals surface area contributed by atoms with Gasteiger partial charge in [0.1, 0.15) is 0 Å². The Morgan fingerprint density at radius 1 is 0.765 bits per heavy atom. The van der Waals surface area contributed by atoms with Crippen molar-refractivity contribution in [2.24, 2.45) is 23.7 Å². The minimum atomic E-state index is -0.200. The molecule has 3 nitrogen and oxygen atoms in total. The lowest BCUT2D eigenvalue weighted by molar-refractivity contribution is -0.143. The van der Waals surface area contributed by atoms with Crippen LogP contribution in [0.4, 0.5) is 0 Å². The van der Waals surface area contributed by atoms with Crippen LogP contribution in [0.2, 0.25) is 0 Å². The van der Waals surface area contributed by atoms with Gasteiger partial charge in [-0.1, -0.05) is 105 Å². The van der Waals surface area contributed by atoms with Crippen molar-refractivity contribution < 1.29 is 14.6 Å². The number of carbonyl (C=O) groups is 1. The van der Waals surface area contributed by atoms with Crippen molar-refractivity contribution >= 4 is 5.97 Å². The van der Waals surface area contributed by atoms with Gasteiger partial charge in [-0.25, -0.2) is 0 Å². The first-order valence-corrected chi connectivity index (χ1v) is 14.8. The SMILES string of the molecule is C=C[C@H](C)CCC[C@H](C)CCC[C@H](C)[C@@H](O)CC[C@H](C)CCCC(=O)OCCCCCCCC. The van der Waals surface area contributed by atoms with E-state index < -0.39 is 0 Å².